The van der Waals surface area contributed by atoms with Crippen molar-refractivity contribution in [3.8, 4) is 0 Å². The molecule has 0 aliphatic heterocycles. The van der Waals surface area contributed by atoms with Crippen molar-refractivity contribution in [2.45, 2.75) is 37.5 Å². The summed E-state index contributed by atoms with van der Waals surface area (Å²) in [5, 5.41) is 0. The maximum atomic E-state index is 13.1. The third-order valence-electron chi connectivity index (χ3n) is 3.26. The Morgan fingerprint density at radius 3 is 2.07 bits per heavy atom. The molecule has 76 valence electrons. The van der Waals surface area contributed by atoms with Crippen molar-refractivity contribution < 1.29 is 8.78 Å². The van der Waals surface area contributed by atoms with Gasteiger partial charge in [-0.3, -0.25) is 0 Å². The van der Waals surface area contributed by atoms with E-state index in [9.17, 15) is 8.78 Å². The Morgan fingerprint density at radius 2 is 1.57 bits per heavy atom. The topological polar surface area (TPSA) is 0 Å². The normalized spacial score (nSPS) is 20.2. The van der Waals surface area contributed by atoms with Gasteiger partial charge in [-0.2, -0.15) is 0 Å². The van der Waals surface area contributed by atoms with Crippen molar-refractivity contribution in [2.24, 2.45) is 0 Å². The molecule has 0 radical (unpaired) electrons. The molecule has 1 aliphatic rings. The summed E-state index contributed by atoms with van der Waals surface area (Å²) >= 11 is 0. The van der Waals surface area contributed by atoms with Crippen LogP contribution in [0.5, 0.6) is 0 Å². The SMILES string of the molecule is FC(F)C1(c2ccccc2)CCCC1. The summed E-state index contributed by atoms with van der Waals surface area (Å²) in [6.45, 7) is 0. The molecule has 2 rings (SSSR count). The molecular weight excluding hydrogens is 182 g/mol. The lowest BCUT2D eigenvalue weighted by Crippen LogP contribution is -2.30. The fourth-order valence-corrected chi connectivity index (χ4v) is 2.41. The molecule has 2 heteroatoms. The van der Waals surface area contributed by atoms with Gasteiger partial charge in [-0.05, 0) is 18.4 Å². The predicted octanol–water partition coefficient (Wildman–Crippen LogP) is 3.76. The van der Waals surface area contributed by atoms with Crippen LogP contribution in [0.1, 0.15) is 31.2 Å². The summed E-state index contributed by atoms with van der Waals surface area (Å²) < 4.78 is 26.2. The molecule has 1 saturated carbocycles. The highest BCUT2D eigenvalue weighted by Gasteiger charge is 2.43. The Labute approximate surface area is 82.9 Å². The monoisotopic (exact) mass is 196 g/mol. The van der Waals surface area contributed by atoms with Gasteiger partial charge >= 0.3 is 0 Å². The fourth-order valence-electron chi connectivity index (χ4n) is 2.41. The van der Waals surface area contributed by atoms with Gasteiger partial charge in [0, 0.05) is 0 Å². The zero-order valence-corrected chi connectivity index (χ0v) is 8.05. The zero-order chi connectivity index (χ0) is 10.0. The van der Waals surface area contributed by atoms with Gasteiger partial charge in [0.1, 0.15) is 0 Å². The van der Waals surface area contributed by atoms with Gasteiger partial charge in [-0.25, -0.2) is 8.78 Å². The van der Waals surface area contributed by atoms with Crippen molar-refractivity contribution in [1.29, 1.82) is 0 Å². The first-order valence-electron chi connectivity index (χ1n) is 5.09. The molecule has 0 unspecified atom stereocenters. The number of benzene rings is 1. The lowest BCUT2D eigenvalue weighted by atomic mass is 9.79. The lowest BCUT2D eigenvalue weighted by molar-refractivity contribution is 0.0522. The van der Waals surface area contributed by atoms with Gasteiger partial charge in [0.15, 0.2) is 0 Å². The standard InChI is InChI=1S/C12H14F2/c13-11(14)12(8-4-5-9-12)10-6-2-1-3-7-10/h1-3,6-7,11H,4-5,8-9H2. The Hall–Kier alpha value is -0.920. The molecule has 0 atom stereocenters. The van der Waals surface area contributed by atoms with Crippen molar-refractivity contribution in [1.82, 2.24) is 0 Å². The van der Waals surface area contributed by atoms with E-state index in [0.717, 1.165) is 18.4 Å². The van der Waals surface area contributed by atoms with E-state index in [1.807, 2.05) is 30.3 Å². The number of hydrogen-bond donors (Lipinski definition) is 0. The molecule has 1 aromatic rings. The van der Waals surface area contributed by atoms with E-state index >= 15 is 0 Å². The Bertz CT molecular complexity index is 286. The highest BCUT2D eigenvalue weighted by Crippen LogP contribution is 2.45. The van der Waals surface area contributed by atoms with E-state index < -0.39 is 11.8 Å². The van der Waals surface area contributed by atoms with Crippen LogP contribution in [0.25, 0.3) is 0 Å². The number of alkyl halides is 2. The van der Waals surface area contributed by atoms with Crippen LogP contribution < -0.4 is 0 Å². The van der Waals surface area contributed by atoms with Gasteiger partial charge in [0.25, 0.3) is 0 Å². The summed E-state index contributed by atoms with van der Waals surface area (Å²) in [5.74, 6) is 0. The molecule has 1 fully saturated rings. The summed E-state index contributed by atoms with van der Waals surface area (Å²) in [5.41, 5.74) is -0.0335. The van der Waals surface area contributed by atoms with Gasteiger partial charge < -0.3 is 0 Å². The molecule has 0 saturated heterocycles. The molecule has 0 heterocycles. The van der Waals surface area contributed by atoms with E-state index in [2.05, 4.69) is 0 Å². The smallest absolute Gasteiger partial charge is 0.210 e. The van der Waals surface area contributed by atoms with Crippen molar-refractivity contribution in [3.05, 3.63) is 35.9 Å². The van der Waals surface area contributed by atoms with Crippen LogP contribution in [-0.4, -0.2) is 6.43 Å². The summed E-state index contributed by atoms with van der Waals surface area (Å²) in [4.78, 5) is 0. The maximum absolute atomic E-state index is 13.1. The minimum atomic E-state index is -2.23. The minimum absolute atomic E-state index is 0.634. The maximum Gasteiger partial charge on any atom is 0.248 e. The van der Waals surface area contributed by atoms with E-state index in [4.69, 9.17) is 0 Å². The molecule has 0 N–H and O–H groups in total. The Kier molecular flexibility index (Phi) is 2.53. The molecule has 0 nitrogen and oxygen atoms in total. The van der Waals surface area contributed by atoms with E-state index in [1.165, 1.54) is 0 Å². The van der Waals surface area contributed by atoms with Crippen molar-refractivity contribution in [3.63, 3.8) is 0 Å². The van der Waals surface area contributed by atoms with Crippen LogP contribution in [-0.2, 0) is 5.41 Å². The second-order valence-electron chi connectivity index (χ2n) is 4.03. The Balaban J connectivity index is 2.36. The number of halogens is 2. The van der Waals surface area contributed by atoms with Crippen LogP contribution in [0.2, 0.25) is 0 Å². The highest BCUT2D eigenvalue weighted by atomic mass is 19.3. The van der Waals surface area contributed by atoms with Crippen LogP contribution >= 0.6 is 0 Å². The number of rotatable bonds is 2. The molecule has 14 heavy (non-hydrogen) atoms. The third kappa shape index (κ3) is 1.43. The predicted molar refractivity (Wildman–Crippen MR) is 52.6 cm³/mol. The first-order chi connectivity index (χ1) is 6.76. The molecule has 0 amide bonds. The molecular formula is C12H14F2. The molecule has 0 spiro atoms. The van der Waals surface area contributed by atoms with Crippen molar-refractivity contribution in [2.75, 3.05) is 0 Å². The lowest BCUT2D eigenvalue weighted by Gasteiger charge is -2.28. The molecule has 0 bridgehead atoms. The fraction of sp³-hybridized carbons (Fsp3) is 0.500. The van der Waals surface area contributed by atoms with Crippen LogP contribution in [0, 0.1) is 0 Å². The van der Waals surface area contributed by atoms with E-state index in [1.54, 1.807) is 0 Å². The van der Waals surface area contributed by atoms with Gasteiger partial charge in [-0.1, -0.05) is 43.2 Å². The number of hydrogen-bond acceptors (Lipinski definition) is 0. The average Bonchev–Trinajstić information content (AvgIpc) is 2.69. The molecule has 1 aromatic carbocycles. The summed E-state index contributed by atoms with van der Waals surface area (Å²) in [6, 6.07) is 9.22. The van der Waals surface area contributed by atoms with Gasteiger partial charge in [0.2, 0.25) is 6.43 Å². The van der Waals surface area contributed by atoms with Crippen LogP contribution in [0.4, 0.5) is 8.78 Å². The second kappa shape index (κ2) is 3.68. The first-order valence-corrected chi connectivity index (χ1v) is 5.09. The van der Waals surface area contributed by atoms with Gasteiger partial charge in [-0.15, -0.1) is 0 Å². The summed E-state index contributed by atoms with van der Waals surface area (Å²) in [7, 11) is 0. The minimum Gasteiger partial charge on any atom is -0.210 e. The highest BCUT2D eigenvalue weighted by molar-refractivity contribution is 5.27. The van der Waals surface area contributed by atoms with Crippen molar-refractivity contribution >= 4 is 0 Å². The average molecular weight is 196 g/mol. The molecule has 1 aliphatic carbocycles. The first kappa shape index (κ1) is 9.63. The van der Waals surface area contributed by atoms with Gasteiger partial charge in [0.05, 0.1) is 5.41 Å². The largest absolute Gasteiger partial charge is 0.248 e. The van der Waals surface area contributed by atoms with Crippen LogP contribution in [0.3, 0.4) is 0 Å². The molecule has 0 aromatic heterocycles. The second-order valence-corrected chi connectivity index (χ2v) is 4.03. The zero-order valence-electron chi connectivity index (χ0n) is 8.05. The Morgan fingerprint density at radius 1 is 1.00 bits per heavy atom. The summed E-state index contributed by atoms with van der Waals surface area (Å²) in [6.07, 6.45) is 0.898. The quantitative estimate of drug-likeness (QED) is 0.675. The third-order valence-corrected chi connectivity index (χ3v) is 3.26. The van der Waals surface area contributed by atoms with E-state index in [-0.39, 0.29) is 0 Å². The van der Waals surface area contributed by atoms with E-state index in [0.29, 0.717) is 12.8 Å². The van der Waals surface area contributed by atoms with Crippen LogP contribution in [0.15, 0.2) is 30.3 Å².